The van der Waals surface area contributed by atoms with Gasteiger partial charge in [0.15, 0.2) is 0 Å². The Balaban J connectivity index is 1.54. The summed E-state index contributed by atoms with van der Waals surface area (Å²) in [6.45, 7) is 0.111. The third-order valence-corrected chi connectivity index (χ3v) is 5.17. The number of pyridine rings is 1. The number of methoxy groups -OCH3 is 1. The Bertz CT molecular complexity index is 1180. The molecule has 8 heteroatoms. The third kappa shape index (κ3) is 4.47. The fourth-order valence-corrected chi connectivity index (χ4v) is 3.35. The summed E-state index contributed by atoms with van der Waals surface area (Å²) in [7, 11) is 1.58. The van der Waals surface area contributed by atoms with Gasteiger partial charge in [-0.05, 0) is 36.4 Å². The number of hydrogen-bond acceptors (Lipinski definition) is 4. The van der Waals surface area contributed by atoms with Gasteiger partial charge < -0.3 is 14.5 Å². The van der Waals surface area contributed by atoms with Gasteiger partial charge in [0.25, 0.3) is 0 Å². The summed E-state index contributed by atoms with van der Waals surface area (Å²) in [5, 5.41) is 0.422. The number of aromatic nitrogens is 3. The summed E-state index contributed by atoms with van der Waals surface area (Å²) in [6, 6.07) is 13.8. The Hall–Kier alpha value is -2.90. The lowest BCUT2D eigenvalue weighted by molar-refractivity contribution is 0.297. The molecule has 0 spiro atoms. The van der Waals surface area contributed by atoms with E-state index in [-0.39, 0.29) is 12.4 Å². The van der Waals surface area contributed by atoms with Gasteiger partial charge in [0.1, 0.15) is 34.9 Å². The van der Waals surface area contributed by atoms with Crippen molar-refractivity contribution in [2.24, 2.45) is 0 Å². The molecule has 2 heterocycles. The zero-order valence-electron chi connectivity index (χ0n) is 15.8. The van der Waals surface area contributed by atoms with E-state index in [0.29, 0.717) is 32.5 Å². The van der Waals surface area contributed by atoms with Crippen LogP contribution in [0.5, 0.6) is 11.5 Å². The zero-order chi connectivity index (χ0) is 21.1. The van der Waals surface area contributed by atoms with Crippen LogP contribution in [-0.2, 0) is 6.61 Å². The molecule has 5 nitrogen and oxygen atoms in total. The number of H-pyrrole nitrogens is 1. The molecule has 0 aliphatic heterocycles. The molecule has 0 atom stereocenters. The average molecular weight is 489 g/mol. The van der Waals surface area contributed by atoms with E-state index >= 15 is 0 Å². The molecule has 1 N–H and O–H groups in total. The molecule has 4 aromatic rings. The van der Waals surface area contributed by atoms with Crippen LogP contribution < -0.4 is 9.47 Å². The van der Waals surface area contributed by atoms with Crippen molar-refractivity contribution in [2.45, 2.75) is 6.61 Å². The van der Waals surface area contributed by atoms with Crippen LogP contribution >= 0.6 is 27.5 Å². The summed E-state index contributed by atoms with van der Waals surface area (Å²) in [6.07, 6.45) is 3.37. The average Bonchev–Trinajstić information content (AvgIpc) is 3.23. The number of nitrogens with zero attached hydrogens (tertiary/aromatic N) is 2. The quantitative estimate of drug-likeness (QED) is 0.324. The van der Waals surface area contributed by atoms with Crippen LogP contribution in [0.4, 0.5) is 4.39 Å². The van der Waals surface area contributed by atoms with Crippen LogP contribution in [0.1, 0.15) is 5.56 Å². The summed E-state index contributed by atoms with van der Waals surface area (Å²) >= 11 is 9.09. The summed E-state index contributed by atoms with van der Waals surface area (Å²) < 4.78 is 25.9. The number of rotatable bonds is 6. The van der Waals surface area contributed by atoms with Crippen LogP contribution in [-0.4, -0.2) is 22.1 Å². The molecule has 30 heavy (non-hydrogen) atoms. The fraction of sp³-hybridized carbons (Fsp3) is 0.0909. The van der Waals surface area contributed by atoms with E-state index in [1.54, 1.807) is 49.8 Å². The highest BCUT2D eigenvalue weighted by atomic mass is 79.9. The van der Waals surface area contributed by atoms with E-state index in [2.05, 4.69) is 30.9 Å². The second-order valence-corrected chi connectivity index (χ2v) is 7.70. The predicted molar refractivity (Wildman–Crippen MR) is 117 cm³/mol. The first-order chi connectivity index (χ1) is 14.5. The van der Waals surface area contributed by atoms with Crippen molar-refractivity contribution in [3.05, 3.63) is 81.9 Å². The molecular formula is C22H16BrClFN3O2. The number of nitrogens with one attached hydrogen (secondary N) is 1. The minimum Gasteiger partial charge on any atom is -0.496 e. The lowest BCUT2D eigenvalue weighted by atomic mass is 10.1. The molecule has 4 rings (SSSR count). The molecule has 0 amide bonds. The first-order valence-electron chi connectivity index (χ1n) is 8.95. The lowest BCUT2D eigenvalue weighted by Crippen LogP contribution is -1.99. The maximum Gasteiger partial charge on any atom is 0.139 e. The smallest absolute Gasteiger partial charge is 0.139 e. The second kappa shape index (κ2) is 8.85. The monoisotopic (exact) mass is 487 g/mol. The van der Waals surface area contributed by atoms with Crippen LogP contribution in [0.2, 0.25) is 5.15 Å². The molecule has 0 unspecified atom stereocenters. The molecular weight excluding hydrogens is 473 g/mol. The maximum atomic E-state index is 14.0. The van der Waals surface area contributed by atoms with Gasteiger partial charge in [0.2, 0.25) is 0 Å². The number of halogens is 3. The minimum absolute atomic E-state index is 0.111. The van der Waals surface area contributed by atoms with E-state index in [0.717, 1.165) is 16.8 Å². The molecule has 2 aromatic heterocycles. The number of benzene rings is 2. The van der Waals surface area contributed by atoms with Crippen molar-refractivity contribution in [2.75, 3.05) is 7.11 Å². The topological polar surface area (TPSA) is 60.0 Å². The Kier molecular flexibility index (Phi) is 6.01. The van der Waals surface area contributed by atoms with E-state index in [4.69, 9.17) is 21.1 Å². The van der Waals surface area contributed by atoms with Crippen LogP contribution in [0.3, 0.4) is 0 Å². The molecule has 152 valence electrons. The lowest BCUT2D eigenvalue weighted by Gasteiger charge is -2.11. The van der Waals surface area contributed by atoms with Crippen molar-refractivity contribution in [3.63, 3.8) is 0 Å². The van der Waals surface area contributed by atoms with Gasteiger partial charge in [-0.3, -0.25) is 0 Å². The largest absolute Gasteiger partial charge is 0.496 e. The van der Waals surface area contributed by atoms with Gasteiger partial charge in [-0.25, -0.2) is 14.4 Å². The Labute approximate surface area is 186 Å². The SMILES string of the molecule is COc1cc(OCc2ccc(Br)cc2F)ccc1-c1cnc(-c2ccc(Cl)nc2)[nH]1. The Morgan fingerprint density at radius 1 is 1.07 bits per heavy atom. The summed E-state index contributed by atoms with van der Waals surface area (Å²) in [5.41, 5.74) is 2.89. The van der Waals surface area contributed by atoms with Crippen molar-refractivity contribution in [1.29, 1.82) is 0 Å². The molecule has 0 fully saturated rings. The zero-order valence-corrected chi connectivity index (χ0v) is 18.2. The molecule has 0 bridgehead atoms. The van der Waals surface area contributed by atoms with E-state index in [1.165, 1.54) is 6.07 Å². The maximum absolute atomic E-state index is 14.0. The molecule has 0 saturated carbocycles. The number of imidazole rings is 1. The van der Waals surface area contributed by atoms with Crippen molar-refractivity contribution < 1.29 is 13.9 Å². The van der Waals surface area contributed by atoms with Gasteiger partial charge in [-0.1, -0.05) is 33.6 Å². The van der Waals surface area contributed by atoms with Crippen molar-refractivity contribution in [3.8, 4) is 34.1 Å². The second-order valence-electron chi connectivity index (χ2n) is 6.40. The van der Waals surface area contributed by atoms with Crippen LogP contribution in [0.15, 0.2) is 65.4 Å². The normalized spacial score (nSPS) is 10.8. The molecule has 0 radical (unpaired) electrons. The molecule has 0 aliphatic carbocycles. The van der Waals surface area contributed by atoms with Gasteiger partial charge >= 0.3 is 0 Å². The fourth-order valence-electron chi connectivity index (χ4n) is 2.90. The Morgan fingerprint density at radius 3 is 2.67 bits per heavy atom. The van der Waals surface area contributed by atoms with Crippen LogP contribution in [0.25, 0.3) is 22.6 Å². The van der Waals surface area contributed by atoms with Gasteiger partial charge in [0.05, 0.1) is 19.0 Å². The molecule has 0 aliphatic rings. The highest BCUT2D eigenvalue weighted by molar-refractivity contribution is 9.10. The molecule has 0 saturated heterocycles. The standard InChI is InChI=1S/C22H16BrClFN3O2/c1-29-20-9-16(30-12-14-2-4-15(23)8-18(14)25)5-6-17(20)19-11-27-22(28-19)13-3-7-21(24)26-10-13/h2-11H,12H2,1H3,(H,27,28). The number of aromatic amines is 1. The highest BCUT2D eigenvalue weighted by Crippen LogP contribution is 2.33. The third-order valence-electron chi connectivity index (χ3n) is 4.45. The van der Waals surface area contributed by atoms with Crippen molar-refractivity contribution >= 4 is 27.5 Å². The minimum atomic E-state index is -0.324. The van der Waals surface area contributed by atoms with Gasteiger partial charge in [-0.15, -0.1) is 0 Å². The first kappa shape index (κ1) is 20.4. The van der Waals surface area contributed by atoms with E-state index in [9.17, 15) is 4.39 Å². The Morgan fingerprint density at radius 2 is 1.93 bits per heavy atom. The molecule has 2 aromatic carbocycles. The van der Waals surface area contributed by atoms with Gasteiger partial charge in [0, 0.05) is 33.4 Å². The van der Waals surface area contributed by atoms with E-state index < -0.39 is 0 Å². The first-order valence-corrected chi connectivity index (χ1v) is 10.1. The van der Waals surface area contributed by atoms with Gasteiger partial charge in [-0.2, -0.15) is 0 Å². The predicted octanol–water partition coefficient (Wildman–Crippen LogP) is 6.28. The summed E-state index contributed by atoms with van der Waals surface area (Å²) in [4.78, 5) is 11.7. The highest BCUT2D eigenvalue weighted by Gasteiger charge is 2.12. The van der Waals surface area contributed by atoms with E-state index in [1.807, 2.05) is 12.1 Å². The number of hydrogen-bond donors (Lipinski definition) is 1. The summed E-state index contributed by atoms with van der Waals surface area (Å²) in [5.74, 6) is 1.52. The van der Waals surface area contributed by atoms with Crippen molar-refractivity contribution in [1.82, 2.24) is 15.0 Å². The van der Waals surface area contributed by atoms with Crippen LogP contribution in [0, 0.1) is 5.82 Å². The number of ether oxygens (including phenoxy) is 2.